The summed E-state index contributed by atoms with van der Waals surface area (Å²) in [4.78, 5) is 2.24. The minimum absolute atomic E-state index is 0.101. The zero-order valence-electron chi connectivity index (χ0n) is 9.25. The molecule has 0 aliphatic carbocycles. The molecule has 0 bridgehead atoms. The van der Waals surface area contributed by atoms with E-state index in [-0.39, 0.29) is 16.9 Å². The first kappa shape index (κ1) is 11.7. The summed E-state index contributed by atoms with van der Waals surface area (Å²) in [6, 6.07) is 4.85. The van der Waals surface area contributed by atoms with Crippen LogP contribution < -0.4 is 4.74 Å². The van der Waals surface area contributed by atoms with Crippen LogP contribution in [0.5, 0.6) is 5.75 Å². The van der Waals surface area contributed by atoms with Crippen LogP contribution in [0.2, 0.25) is 5.02 Å². The first-order chi connectivity index (χ1) is 7.66. The first-order valence-electron chi connectivity index (χ1n) is 5.46. The van der Waals surface area contributed by atoms with Gasteiger partial charge in [-0.1, -0.05) is 17.7 Å². The highest BCUT2D eigenvalue weighted by molar-refractivity contribution is 6.30. The highest BCUT2D eigenvalue weighted by Crippen LogP contribution is 2.26. The maximum absolute atomic E-state index is 13.6. The van der Waals surface area contributed by atoms with Crippen LogP contribution in [0.1, 0.15) is 12.8 Å². The van der Waals surface area contributed by atoms with Crippen molar-refractivity contribution in [1.82, 2.24) is 4.90 Å². The Kier molecular flexibility index (Phi) is 3.66. The summed E-state index contributed by atoms with van der Waals surface area (Å²) in [5.41, 5.74) is 0. The van der Waals surface area contributed by atoms with Gasteiger partial charge in [-0.3, -0.25) is 0 Å². The zero-order chi connectivity index (χ0) is 11.5. The summed E-state index contributed by atoms with van der Waals surface area (Å²) in [5.74, 6) is -0.190. The van der Waals surface area contributed by atoms with Crippen molar-refractivity contribution in [1.29, 1.82) is 0 Å². The standard InChI is InChI=1S/C12H15ClFNO/c1-15-7-5-9(6-8-15)16-11-4-2-3-10(13)12(11)14/h2-4,9H,5-8H2,1H3. The topological polar surface area (TPSA) is 12.5 Å². The number of hydrogen-bond acceptors (Lipinski definition) is 2. The van der Waals surface area contributed by atoms with Gasteiger partial charge in [0.25, 0.3) is 0 Å². The normalized spacial score (nSPS) is 18.7. The second kappa shape index (κ2) is 5.02. The Hall–Kier alpha value is -0.800. The Morgan fingerprint density at radius 2 is 2.06 bits per heavy atom. The average Bonchev–Trinajstić information content (AvgIpc) is 2.28. The van der Waals surface area contributed by atoms with Crippen LogP contribution >= 0.6 is 11.6 Å². The molecular formula is C12H15ClFNO. The number of halogens is 2. The van der Waals surface area contributed by atoms with Crippen LogP contribution in [0.4, 0.5) is 4.39 Å². The Morgan fingerprint density at radius 3 is 2.75 bits per heavy atom. The van der Waals surface area contributed by atoms with Crippen molar-refractivity contribution in [3.63, 3.8) is 0 Å². The summed E-state index contributed by atoms with van der Waals surface area (Å²) >= 11 is 5.69. The van der Waals surface area contributed by atoms with E-state index in [2.05, 4.69) is 11.9 Å². The molecule has 0 aromatic heterocycles. The Balaban J connectivity index is 2.01. The van der Waals surface area contributed by atoms with Crippen LogP contribution in [0.15, 0.2) is 18.2 Å². The van der Waals surface area contributed by atoms with Gasteiger partial charge in [-0.25, -0.2) is 4.39 Å². The molecule has 1 aliphatic heterocycles. The largest absolute Gasteiger partial charge is 0.487 e. The highest BCUT2D eigenvalue weighted by atomic mass is 35.5. The third-order valence-corrected chi connectivity index (χ3v) is 3.17. The number of benzene rings is 1. The average molecular weight is 244 g/mol. The molecule has 1 saturated heterocycles. The smallest absolute Gasteiger partial charge is 0.183 e. The minimum atomic E-state index is -0.455. The minimum Gasteiger partial charge on any atom is -0.487 e. The lowest BCUT2D eigenvalue weighted by Gasteiger charge is -2.29. The second-order valence-electron chi connectivity index (χ2n) is 4.17. The van der Waals surface area contributed by atoms with E-state index in [9.17, 15) is 4.39 Å². The molecule has 4 heteroatoms. The van der Waals surface area contributed by atoms with Crippen molar-refractivity contribution >= 4 is 11.6 Å². The maximum atomic E-state index is 13.6. The van der Waals surface area contributed by atoms with Crippen molar-refractivity contribution in [2.75, 3.05) is 20.1 Å². The van der Waals surface area contributed by atoms with Crippen molar-refractivity contribution in [2.45, 2.75) is 18.9 Å². The van der Waals surface area contributed by atoms with Crippen molar-refractivity contribution in [3.8, 4) is 5.75 Å². The van der Waals surface area contributed by atoms with E-state index in [0.29, 0.717) is 0 Å². The third kappa shape index (κ3) is 2.66. The maximum Gasteiger partial charge on any atom is 0.183 e. The highest BCUT2D eigenvalue weighted by Gasteiger charge is 2.19. The Bertz CT molecular complexity index is 364. The number of hydrogen-bond donors (Lipinski definition) is 0. The van der Waals surface area contributed by atoms with Crippen LogP contribution in [0.3, 0.4) is 0 Å². The predicted molar refractivity (Wildman–Crippen MR) is 62.6 cm³/mol. The Morgan fingerprint density at radius 1 is 1.38 bits per heavy atom. The van der Waals surface area contributed by atoms with Gasteiger partial charge in [0.15, 0.2) is 11.6 Å². The predicted octanol–water partition coefficient (Wildman–Crippen LogP) is 2.95. The molecule has 0 radical (unpaired) electrons. The van der Waals surface area contributed by atoms with E-state index in [4.69, 9.17) is 16.3 Å². The van der Waals surface area contributed by atoms with Crippen LogP contribution in [-0.2, 0) is 0 Å². The van der Waals surface area contributed by atoms with Crippen molar-refractivity contribution in [3.05, 3.63) is 29.0 Å². The number of ether oxygens (including phenoxy) is 1. The fourth-order valence-electron chi connectivity index (χ4n) is 1.86. The van der Waals surface area contributed by atoms with Crippen LogP contribution in [0, 0.1) is 5.82 Å². The molecule has 1 aliphatic rings. The lowest BCUT2D eigenvalue weighted by Crippen LogP contribution is -2.35. The number of nitrogens with zero attached hydrogens (tertiary/aromatic N) is 1. The molecular weight excluding hydrogens is 229 g/mol. The van der Waals surface area contributed by atoms with Crippen LogP contribution in [0.25, 0.3) is 0 Å². The molecule has 0 spiro atoms. The van der Waals surface area contributed by atoms with Gasteiger partial charge in [0.05, 0.1) is 5.02 Å². The van der Waals surface area contributed by atoms with Gasteiger partial charge in [0.1, 0.15) is 6.10 Å². The molecule has 0 unspecified atom stereocenters. The lowest BCUT2D eigenvalue weighted by molar-refractivity contribution is 0.110. The van der Waals surface area contributed by atoms with Gasteiger partial charge in [-0.05, 0) is 32.0 Å². The van der Waals surface area contributed by atoms with Gasteiger partial charge in [-0.15, -0.1) is 0 Å². The molecule has 0 saturated carbocycles. The van der Waals surface area contributed by atoms with Crippen molar-refractivity contribution < 1.29 is 9.13 Å². The number of rotatable bonds is 2. The molecule has 16 heavy (non-hydrogen) atoms. The van der Waals surface area contributed by atoms with Gasteiger partial charge >= 0.3 is 0 Å². The van der Waals surface area contributed by atoms with E-state index in [0.717, 1.165) is 25.9 Å². The number of likely N-dealkylation sites (tertiary alicyclic amines) is 1. The van der Waals surface area contributed by atoms with Gasteiger partial charge in [0.2, 0.25) is 0 Å². The lowest BCUT2D eigenvalue weighted by atomic mass is 10.1. The molecule has 0 atom stereocenters. The van der Waals surface area contributed by atoms with E-state index in [1.54, 1.807) is 12.1 Å². The molecule has 0 amide bonds. The molecule has 1 fully saturated rings. The van der Waals surface area contributed by atoms with Crippen LogP contribution in [-0.4, -0.2) is 31.1 Å². The molecule has 1 heterocycles. The van der Waals surface area contributed by atoms with E-state index >= 15 is 0 Å². The first-order valence-corrected chi connectivity index (χ1v) is 5.84. The quantitative estimate of drug-likeness (QED) is 0.792. The van der Waals surface area contributed by atoms with E-state index in [1.807, 2.05) is 0 Å². The van der Waals surface area contributed by atoms with Gasteiger partial charge < -0.3 is 9.64 Å². The summed E-state index contributed by atoms with van der Waals surface area (Å²) in [7, 11) is 2.08. The summed E-state index contributed by atoms with van der Waals surface area (Å²) in [6.07, 6.45) is 1.97. The SMILES string of the molecule is CN1CCC(Oc2cccc(Cl)c2F)CC1. The fourth-order valence-corrected chi connectivity index (χ4v) is 2.02. The molecule has 0 N–H and O–H groups in total. The molecule has 1 aromatic carbocycles. The monoisotopic (exact) mass is 243 g/mol. The van der Waals surface area contributed by atoms with Crippen molar-refractivity contribution in [2.24, 2.45) is 0 Å². The molecule has 88 valence electrons. The molecule has 1 aromatic rings. The van der Waals surface area contributed by atoms with E-state index in [1.165, 1.54) is 6.07 Å². The van der Waals surface area contributed by atoms with E-state index < -0.39 is 5.82 Å². The zero-order valence-corrected chi connectivity index (χ0v) is 10.0. The molecule has 2 nitrogen and oxygen atoms in total. The fraction of sp³-hybridized carbons (Fsp3) is 0.500. The molecule has 2 rings (SSSR count). The summed E-state index contributed by atoms with van der Waals surface area (Å²) in [5, 5.41) is 0.116. The second-order valence-corrected chi connectivity index (χ2v) is 4.58. The third-order valence-electron chi connectivity index (χ3n) is 2.88. The van der Waals surface area contributed by atoms with Gasteiger partial charge in [0, 0.05) is 13.1 Å². The number of piperidine rings is 1. The Labute approximate surface area is 100.0 Å². The summed E-state index contributed by atoms with van der Waals surface area (Å²) in [6.45, 7) is 1.99. The van der Waals surface area contributed by atoms with Gasteiger partial charge in [-0.2, -0.15) is 0 Å². The summed E-state index contributed by atoms with van der Waals surface area (Å²) < 4.78 is 19.2.